The first kappa shape index (κ1) is 9.27. The zero-order chi connectivity index (χ0) is 6.69. The second-order valence-corrected chi connectivity index (χ2v) is 2.51. The molecule has 1 aliphatic heterocycles. The number of hydrogen-bond donors (Lipinski definition) is 0. The van der Waals surface area contributed by atoms with Crippen LogP contribution in [0.3, 0.4) is 0 Å². The van der Waals surface area contributed by atoms with E-state index in [1.807, 2.05) is 0 Å². The molecule has 2 nitrogen and oxygen atoms in total. The molecule has 3 heteroatoms. The Morgan fingerprint density at radius 1 is 1.40 bits per heavy atom. The van der Waals surface area contributed by atoms with Crippen LogP contribution in [0.15, 0.2) is 12.4 Å². The minimum Gasteiger partial charge on any atom is -0.362 e. The summed E-state index contributed by atoms with van der Waals surface area (Å²) in [5.41, 5.74) is 0. The SMILES string of the molecule is CCCN1C=CN(C)C1.F. The molecular weight excluding hydrogens is 131 g/mol. The maximum absolute atomic E-state index is 2.31. The highest BCUT2D eigenvalue weighted by molar-refractivity contribution is 4.87. The molecule has 0 aromatic rings. The molecule has 0 radical (unpaired) electrons. The zero-order valence-corrected chi connectivity index (χ0v) is 6.58. The monoisotopic (exact) mass is 146 g/mol. The Balaban J connectivity index is 0.000000810. The molecule has 0 spiro atoms. The van der Waals surface area contributed by atoms with Crippen LogP contribution >= 0.6 is 0 Å². The van der Waals surface area contributed by atoms with Crippen molar-refractivity contribution in [1.82, 2.24) is 9.80 Å². The van der Waals surface area contributed by atoms with Gasteiger partial charge in [-0.1, -0.05) is 6.92 Å². The third-order valence-corrected chi connectivity index (χ3v) is 1.45. The first-order valence-corrected chi connectivity index (χ1v) is 3.45. The highest BCUT2D eigenvalue weighted by Gasteiger charge is 2.04. The van der Waals surface area contributed by atoms with Gasteiger partial charge in [-0.15, -0.1) is 0 Å². The van der Waals surface area contributed by atoms with E-state index in [-0.39, 0.29) is 4.70 Å². The van der Waals surface area contributed by atoms with E-state index in [9.17, 15) is 0 Å². The predicted octanol–water partition coefficient (Wildman–Crippen LogP) is 1.23. The fourth-order valence-electron chi connectivity index (χ4n) is 1.02. The smallest absolute Gasteiger partial charge is 0.0890 e. The minimum absolute atomic E-state index is 0. The second-order valence-electron chi connectivity index (χ2n) is 2.51. The van der Waals surface area contributed by atoms with Gasteiger partial charge in [-0.3, -0.25) is 4.70 Å². The van der Waals surface area contributed by atoms with Gasteiger partial charge in [0.1, 0.15) is 0 Å². The molecule has 0 saturated carbocycles. The Kier molecular flexibility index (Phi) is 3.84. The van der Waals surface area contributed by atoms with Gasteiger partial charge in [-0.25, -0.2) is 0 Å². The molecule has 0 fully saturated rings. The maximum Gasteiger partial charge on any atom is 0.0890 e. The lowest BCUT2D eigenvalue weighted by molar-refractivity contribution is 0.297. The van der Waals surface area contributed by atoms with E-state index in [1.165, 1.54) is 13.0 Å². The number of nitrogens with zero attached hydrogens (tertiary/aromatic N) is 2. The molecule has 0 atom stereocenters. The summed E-state index contributed by atoms with van der Waals surface area (Å²) >= 11 is 0. The van der Waals surface area contributed by atoms with Crippen LogP contribution in [0.2, 0.25) is 0 Å². The van der Waals surface area contributed by atoms with Crippen LogP contribution in [0.25, 0.3) is 0 Å². The Labute approximate surface area is 61.5 Å². The van der Waals surface area contributed by atoms with E-state index in [0.717, 1.165) is 6.67 Å². The summed E-state index contributed by atoms with van der Waals surface area (Å²) in [6.45, 7) is 4.45. The molecule has 0 bridgehead atoms. The predicted molar refractivity (Wildman–Crippen MR) is 41.3 cm³/mol. The summed E-state index contributed by atoms with van der Waals surface area (Å²) in [5.74, 6) is 0. The van der Waals surface area contributed by atoms with Gasteiger partial charge in [-0.05, 0) is 6.42 Å². The topological polar surface area (TPSA) is 6.48 Å². The quantitative estimate of drug-likeness (QED) is 0.578. The van der Waals surface area contributed by atoms with Crippen molar-refractivity contribution in [3.8, 4) is 0 Å². The molecule has 0 N–H and O–H groups in total. The lowest BCUT2D eigenvalue weighted by Crippen LogP contribution is -2.22. The third kappa shape index (κ3) is 2.25. The van der Waals surface area contributed by atoms with E-state index < -0.39 is 0 Å². The lowest BCUT2D eigenvalue weighted by Gasteiger charge is -2.16. The van der Waals surface area contributed by atoms with Crippen molar-refractivity contribution in [1.29, 1.82) is 0 Å². The summed E-state index contributed by atoms with van der Waals surface area (Å²) < 4.78 is 0. The van der Waals surface area contributed by atoms with Crippen molar-refractivity contribution in [3.63, 3.8) is 0 Å². The van der Waals surface area contributed by atoms with Crippen LogP contribution in [0.5, 0.6) is 0 Å². The van der Waals surface area contributed by atoms with E-state index in [0.29, 0.717) is 0 Å². The Hall–Kier alpha value is -0.730. The van der Waals surface area contributed by atoms with Crippen molar-refractivity contribution >= 4 is 0 Å². The standard InChI is InChI=1S/C7H14N2.FH/c1-3-4-9-6-5-8(2)7-9;/h5-6H,3-4,7H2,1-2H3;1H. The number of hydrogen-bond acceptors (Lipinski definition) is 2. The van der Waals surface area contributed by atoms with E-state index >= 15 is 0 Å². The summed E-state index contributed by atoms with van der Waals surface area (Å²) in [5, 5.41) is 0. The van der Waals surface area contributed by atoms with Crippen molar-refractivity contribution in [2.75, 3.05) is 20.3 Å². The molecule has 0 aromatic heterocycles. The average molecular weight is 146 g/mol. The molecule has 0 aliphatic carbocycles. The molecule has 10 heavy (non-hydrogen) atoms. The van der Waals surface area contributed by atoms with Crippen LogP contribution in [0.4, 0.5) is 4.70 Å². The van der Waals surface area contributed by atoms with Crippen molar-refractivity contribution in [2.24, 2.45) is 0 Å². The van der Waals surface area contributed by atoms with Gasteiger partial charge in [-0.2, -0.15) is 0 Å². The van der Waals surface area contributed by atoms with Crippen LogP contribution in [0, 0.1) is 0 Å². The normalized spacial score (nSPS) is 15.8. The maximum atomic E-state index is 2.31. The van der Waals surface area contributed by atoms with Crippen molar-refractivity contribution < 1.29 is 4.70 Å². The largest absolute Gasteiger partial charge is 0.362 e. The van der Waals surface area contributed by atoms with E-state index in [2.05, 4.69) is 36.2 Å². The number of rotatable bonds is 2. The summed E-state index contributed by atoms with van der Waals surface area (Å²) in [6.07, 6.45) is 5.48. The van der Waals surface area contributed by atoms with Gasteiger partial charge >= 0.3 is 0 Å². The van der Waals surface area contributed by atoms with Gasteiger partial charge in [0.05, 0.1) is 6.67 Å². The summed E-state index contributed by atoms with van der Waals surface area (Å²) in [7, 11) is 2.09. The van der Waals surface area contributed by atoms with Gasteiger partial charge < -0.3 is 9.80 Å². The Morgan fingerprint density at radius 2 is 2.10 bits per heavy atom. The average Bonchev–Trinajstić information content (AvgIpc) is 2.17. The first-order chi connectivity index (χ1) is 4.33. The van der Waals surface area contributed by atoms with Gasteiger partial charge in [0.25, 0.3) is 0 Å². The summed E-state index contributed by atoms with van der Waals surface area (Å²) in [6, 6.07) is 0. The van der Waals surface area contributed by atoms with Crippen LogP contribution in [-0.2, 0) is 0 Å². The van der Waals surface area contributed by atoms with Crippen LogP contribution in [0.1, 0.15) is 13.3 Å². The highest BCUT2D eigenvalue weighted by Crippen LogP contribution is 2.02. The Morgan fingerprint density at radius 3 is 2.50 bits per heavy atom. The molecule has 60 valence electrons. The van der Waals surface area contributed by atoms with Gasteiger partial charge in [0.2, 0.25) is 0 Å². The molecule has 1 aliphatic rings. The molecule has 0 unspecified atom stereocenters. The second kappa shape index (κ2) is 4.14. The van der Waals surface area contributed by atoms with Crippen LogP contribution < -0.4 is 0 Å². The molecule has 0 aromatic carbocycles. The minimum atomic E-state index is 0. The molecule has 1 heterocycles. The Bertz CT molecular complexity index is 114. The molecule has 0 saturated heterocycles. The fraction of sp³-hybridized carbons (Fsp3) is 0.714. The number of halogens is 1. The lowest BCUT2D eigenvalue weighted by atomic mass is 10.4. The van der Waals surface area contributed by atoms with Gasteiger partial charge in [0.15, 0.2) is 0 Å². The van der Waals surface area contributed by atoms with Crippen LogP contribution in [-0.4, -0.2) is 30.1 Å². The zero-order valence-electron chi connectivity index (χ0n) is 6.58. The van der Waals surface area contributed by atoms with Crippen molar-refractivity contribution in [2.45, 2.75) is 13.3 Å². The fourth-order valence-corrected chi connectivity index (χ4v) is 1.02. The van der Waals surface area contributed by atoms with Crippen molar-refractivity contribution in [3.05, 3.63) is 12.4 Å². The third-order valence-electron chi connectivity index (χ3n) is 1.45. The molecule has 0 amide bonds. The van der Waals surface area contributed by atoms with E-state index in [1.54, 1.807) is 0 Å². The molecular formula is C7H15FN2. The molecule has 1 rings (SSSR count). The first-order valence-electron chi connectivity index (χ1n) is 3.45. The van der Waals surface area contributed by atoms with Gasteiger partial charge in [0, 0.05) is 26.0 Å². The van der Waals surface area contributed by atoms with E-state index in [4.69, 9.17) is 0 Å². The highest BCUT2D eigenvalue weighted by atomic mass is 19.0. The summed E-state index contributed by atoms with van der Waals surface area (Å²) in [4.78, 5) is 4.48.